The summed E-state index contributed by atoms with van der Waals surface area (Å²) in [6.07, 6.45) is 0. The number of methoxy groups -OCH3 is 1. The molecule has 0 heterocycles. The first-order valence-corrected chi connectivity index (χ1v) is 12.3. The van der Waals surface area contributed by atoms with Crippen LogP contribution in [-0.2, 0) is 21.4 Å². The maximum atomic E-state index is 13.1. The fourth-order valence-electron chi connectivity index (χ4n) is 3.15. The summed E-state index contributed by atoms with van der Waals surface area (Å²) >= 11 is 0. The van der Waals surface area contributed by atoms with Crippen LogP contribution in [0.25, 0.3) is 0 Å². The van der Waals surface area contributed by atoms with Crippen molar-refractivity contribution in [3.63, 3.8) is 0 Å². The summed E-state index contributed by atoms with van der Waals surface area (Å²) in [4.78, 5) is 14.4. The molecule has 10 heteroatoms. The van der Waals surface area contributed by atoms with Gasteiger partial charge in [-0.1, -0.05) is 24.3 Å². The number of benzene rings is 3. The van der Waals surface area contributed by atoms with E-state index in [1.54, 1.807) is 42.3 Å². The summed E-state index contributed by atoms with van der Waals surface area (Å²) in [7, 11) is -2.55. The average Bonchev–Trinajstić information content (AvgIpc) is 2.84. The van der Waals surface area contributed by atoms with Gasteiger partial charge in [0, 0.05) is 20.2 Å². The standard InChI is InChI=1S/C25H27FN2O6S/c1-3-33-24-7-5-4-6-23(24)27-25(29)28(16-17-32-2)18-19-8-12-21(13-9-19)34-35(30,31)22-14-10-20(26)11-15-22/h4-15H,3,16-18H2,1-2H3,(H,27,29). The van der Waals surface area contributed by atoms with Gasteiger partial charge in [-0.05, 0) is 61.0 Å². The van der Waals surface area contributed by atoms with E-state index in [2.05, 4.69) is 5.32 Å². The molecule has 8 nitrogen and oxygen atoms in total. The third-order valence-electron chi connectivity index (χ3n) is 4.89. The number of nitrogens with zero attached hydrogens (tertiary/aromatic N) is 1. The van der Waals surface area contributed by atoms with E-state index in [0.29, 0.717) is 31.2 Å². The number of hydrogen-bond donors (Lipinski definition) is 1. The van der Waals surface area contributed by atoms with Crippen LogP contribution >= 0.6 is 0 Å². The molecule has 0 bridgehead atoms. The molecule has 0 spiro atoms. The minimum atomic E-state index is -4.10. The summed E-state index contributed by atoms with van der Waals surface area (Å²) in [5.74, 6) is 0.118. The van der Waals surface area contributed by atoms with Crippen molar-refractivity contribution in [3.05, 3.63) is 84.2 Å². The predicted octanol–water partition coefficient (Wildman–Crippen LogP) is 4.67. The van der Waals surface area contributed by atoms with Gasteiger partial charge in [0.1, 0.15) is 22.2 Å². The van der Waals surface area contributed by atoms with Crippen LogP contribution in [0, 0.1) is 5.82 Å². The van der Waals surface area contributed by atoms with E-state index in [1.165, 1.54) is 12.1 Å². The lowest BCUT2D eigenvalue weighted by Crippen LogP contribution is -2.37. The lowest BCUT2D eigenvalue weighted by Gasteiger charge is -2.23. The number of anilines is 1. The number of ether oxygens (including phenoxy) is 2. The lowest BCUT2D eigenvalue weighted by molar-refractivity contribution is 0.152. The zero-order chi connectivity index (χ0) is 25.3. The summed E-state index contributed by atoms with van der Waals surface area (Å²) in [6, 6.07) is 17.5. The van der Waals surface area contributed by atoms with Crippen molar-refractivity contribution in [1.82, 2.24) is 4.90 Å². The maximum absolute atomic E-state index is 13.1. The van der Waals surface area contributed by atoms with Crippen molar-refractivity contribution in [1.29, 1.82) is 0 Å². The van der Waals surface area contributed by atoms with Crippen molar-refractivity contribution in [2.45, 2.75) is 18.4 Å². The lowest BCUT2D eigenvalue weighted by atomic mass is 10.2. The van der Waals surface area contributed by atoms with E-state index in [9.17, 15) is 17.6 Å². The minimum absolute atomic E-state index is 0.0941. The van der Waals surface area contributed by atoms with Gasteiger partial charge in [-0.2, -0.15) is 8.42 Å². The highest BCUT2D eigenvalue weighted by Gasteiger charge is 2.18. The second-order valence-corrected chi connectivity index (χ2v) is 8.96. The third-order valence-corrected chi connectivity index (χ3v) is 6.15. The fourth-order valence-corrected chi connectivity index (χ4v) is 4.08. The highest BCUT2D eigenvalue weighted by molar-refractivity contribution is 7.87. The first-order chi connectivity index (χ1) is 16.8. The first kappa shape index (κ1) is 26.0. The van der Waals surface area contributed by atoms with Gasteiger partial charge >= 0.3 is 16.1 Å². The number of para-hydroxylation sites is 2. The van der Waals surface area contributed by atoms with E-state index in [-0.39, 0.29) is 23.2 Å². The van der Waals surface area contributed by atoms with Crippen molar-refractivity contribution < 1.29 is 31.3 Å². The normalized spacial score (nSPS) is 11.1. The molecule has 0 saturated heterocycles. The van der Waals surface area contributed by atoms with Gasteiger partial charge in [-0.15, -0.1) is 0 Å². The minimum Gasteiger partial charge on any atom is -0.492 e. The molecule has 1 N–H and O–H groups in total. The number of rotatable bonds is 11. The van der Waals surface area contributed by atoms with Crippen LogP contribution in [0.5, 0.6) is 11.5 Å². The van der Waals surface area contributed by atoms with Crippen LogP contribution < -0.4 is 14.2 Å². The smallest absolute Gasteiger partial charge is 0.339 e. The Bertz CT molecular complexity index is 1220. The van der Waals surface area contributed by atoms with Crippen molar-refractivity contribution in [2.75, 3.05) is 32.2 Å². The van der Waals surface area contributed by atoms with Gasteiger partial charge in [-0.25, -0.2) is 9.18 Å². The molecule has 0 unspecified atom stereocenters. The summed E-state index contributed by atoms with van der Waals surface area (Å²) < 4.78 is 53.7. The van der Waals surface area contributed by atoms with E-state index < -0.39 is 15.9 Å². The Morgan fingerprint density at radius 2 is 1.69 bits per heavy atom. The Hall–Kier alpha value is -3.63. The van der Waals surface area contributed by atoms with E-state index >= 15 is 0 Å². The van der Waals surface area contributed by atoms with Gasteiger partial charge in [0.15, 0.2) is 0 Å². The first-order valence-electron chi connectivity index (χ1n) is 10.9. The van der Waals surface area contributed by atoms with Gasteiger partial charge in [0.25, 0.3) is 0 Å². The average molecular weight is 503 g/mol. The fraction of sp³-hybridized carbons (Fsp3) is 0.240. The van der Waals surface area contributed by atoms with Crippen molar-refractivity contribution in [3.8, 4) is 11.5 Å². The van der Waals surface area contributed by atoms with Crippen LogP contribution in [0.1, 0.15) is 12.5 Å². The highest BCUT2D eigenvalue weighted by atomic mass is 32.2. The Morgan fingerprint density at radius 1 is 1.00 bits per heavy atom. The van der Waals surface area contributed by atoms with Crippen molar-refractivity contribution >= 4 is 21.8 Å². The molecular weight excluding hydrogens is 475 g/mol. The molecule has 3 aromatic rings. The molecule has 0 aliphatic rings. The molecular formula is C25H27FN2O6S. The SMILES string of the molecule is CCOc1ccccc1NC(=O)N(CCOC)Cc1ccc(OS(=O)(=O)c2ccc(F)cc2)cc1. The summed E-state index contributed by atoms with van der Waals surface area (Å²) in [5, 5.41) is 2.86. The molecule has 0 aliphatic carbocycles. The van der Waals surface area contributed by atoms with E-state index in [1.807, 2.05) is 13.0 Å². The molecule has 2 amide bonds. The molecule has 0 radical (unpaired) electrons. The Balaban J connectivity index is 1.69. The number of carbonyl (C=O) groups excluding carboxylic acids is 1. The van der Waals surface area contributed by atoms with Crippen molar-refractivity contribution in [2.24, 2.45) is 0 Å². The van der Waals surface area contributed by atoms with Crippen LogP contribution in [0.4, 0.5) is 14.9 Å². The Labute approximate surface area is 204 Å². The molecule has 0 aromatic heterocycles. The van der Waals surface area contributed by atoms with Gasteiger partial charge < -0.3 is 23.9 Å². The Kier molecular flexibility index (Phi) is 9.04. The summed E-state index contributed by atoms with van der Waals surface area (Å²) in [6.45, 7) is 3.23. The van der Waals surface area contributed by atoms with Gasteiger partial charge in [-0.3, -0.25) is 0 Å². The largest absolute Gasteiger partial charge is 0.492 e. The molecule has 3 rings (SSSR count). The number of hydrogen-bond acceptors (Lipinski definition) is 6. The van der Waals surface area contributed by atoms with Crippen LogP contribution in [0.15, 0.2) is 77.7 Å². The van der Waals surface area contributed by atoms with Gasteiger partial charge in [0.05, 0.1) is 18.9 Å². The second kappa shape index (κ2) is 12.2. The molecule has 3 aromatic carbocycles. The quantitative estimate of drug-likeness (QED) is 0.383. The number of carbonyl (C=O) groups is 1. The maximum Gasteiger partial charge on any atom is 0.339 e. The van der Waals surface area contributed by atoms with Gasteiger partial charge in [0.2, 0.25) is 0 Å². The van der Waals surface area contributed by atoms with E-state index in [4.69, 9.17) is 13.7 Å². The van der Waals surface area contributed by atoms with Crippen LogP contribution in [0.3, 0.4) is 0 Å². The van der Waals surface area contributed by atoms with E-state index in [0.717, 1.165) is 29.8 Å². The molecule has 0 aliphatic heterocycles. The molecule has 0 fully saturated rings. The number of nitrogens with one attached hydrogen (secondary N) is 1. The molecule has 0 atom stereocenters. The zero-order valence-corrected chi connectivity index (χ0v) is 20.3. The predicted molar refractivity (Wildman–Crippen MR) is 130 cm³/mol. The van der Waals surface area contributed by atoms with Crippen LogP contribution in [-0.4, -0.2) is 46.2 Å². The number of halogens is 1. The summed E-state index contributed by atoms with van der Waals surface area (Å²) in [5.41, 5.74) is 1.30. The monoisotopic (exact) mass is 502 g/mol. The second-order valence-electron chi connectivity index (χ2n) is 7.41. The van der Waals surface area contributed by atoms with Crippen LogP contribution in [0.2, 0.25) is 0 Å². The number of amides is 2. The third kappa shape index (κ3) is 7.43. The highest BCUT2D eigenvalue weighted by Crippen LogP contribution is 2.25. The molecule has 186 valence electrons. The number of urea groups is 1. The molecule has 0 saturated carbocycles. The zero-order valence-electron chi connectivity index (χ0n) is 19.4. The Morgan fingerprint density at radius 3 is 2.34 bits per heavy atom. The molecule has 35 heavy (non-hydrogen) atoms. The topological polar surface area (TPSA) is 94.2 Å².